The molecule has 2 aromatic heterocycles. The van der Waals surface area contributed by atoms with Crippen LogP contribution in [0.25, 0.3) is 10.9 Å². The zero-order valence-corrected chi connectivity index (χ0v) is 18.2. The van der Waals surface area contributed by atoms with E-state index in [1.54, 1.807) is 26.0 Å². The molecule has 0 amide bonds. The van der Waals surface area contributed by atoms with E-state index in [1.807, 2.05) is 6.92 Å². The smallest absolute Gasteiger partial charge is 0.356 e. The number of hydrogen-bond acceptors (Lipinski definition) is 6. The summed E-state index contributed by atoms with van der Waals surface area (Å²) in [5.41, 5.74) is 0.946. The van der Waals surface area contributed by atoms with Crippen LogP contribution < -0.4 is 4.74 Å². The minimum Gasteiger partial charge on any atom is -0.479 e. The minimum atomic E-state index is -4.12. The largest absolute Gasteiger partial charge is 0.479 e. The fraction of sp³-hybridized carbons (Fsp3) is 0.263. The van der Waals surface area contributed by atoms with Gasteiger partial charge in [0, 0.05) is 16.1 Å². The molecule has 0 bridgehead atoms. The number of nitrogens with zero attached hydrogens (tertiary/aromatic N) is 2. The summed E-state index contributed by atoms with van der Waals surface area (Å²) in [7, 11) is -2.74. The molecule has 28 heavy (non-hydrogen) atoms. The van der Waals surface area contributed by atoms with Crippen LogP contribution in [0.5, 0.6) is 5.88 Å². The van der Waals surface area contributed by atoms with Crippen LogP contribution in [-0.4, -0.2) is 36.6 Å². The van der Waals surface area contributed by atoms with Gasteiger partial charge < -0.3 is 9.47 Å². The standard InChI is InChI=1S/C19H19BrN2O5S/c1-11(2)27-19(23)16-9-14-15(20)10-21-18(26-4)17(14)22(16)28(24,25)13-7-5-12(3)6-8-13/h5-11H,1-4H3. The lowest BCUT2D eigenvalue weighted by molar-refractivity contribution is 0.0370. The summed E-state index contributed by atoms with van der Waals surface area (Å²) in [6, 6.07) is 7.82. The predicted octanol–water partition coefficient (Wildman–Crippen LogP) is 3.92. The lowest BCUT2D eigenvalue weighted by Crippen LogP contribution is -2.21. The summed E-state index contributed by atoms with van der Waals surface area (Å²) >= 11 is 3.36. The Morgan fingerprint density at radius 3 is 2.43 bits per heavy atom. The maximum atomic E-state index is 13.5. The van der Waals surface area contributed by atoms with Gasteiger partial charge in [-0.25, -0.2) is 22.2 Å². The Kier molecular flexibility index (Phi) is 5.49. The van der Waals surface area contributed by atoms with E-state index in [1.165, 1.54) is 31.5 Å². The highest BCUT2D eigenvalue weighted by Gasteiger charge is 2.30. The third kappa shape index (κ3) is 3.51. The number of rotatable bonds is 5. The van der Waals surface area contributed by atoms with Crippen LogP contribution in [0.2, 0.25) is 0 Å². The first-order valence-electron chi connectivity index (χ1n) is 8.44. The summed E-state index contributed by atoms with van der Waals surface area (Å²) in [6.45, 7) is 5.24. The molecule has 9 heteroatoms. The summed E-state index contributed by atoms with van der Waals surface area (Å²) in [5, 5.41) is 0.471. The minimum absolute atomic E-state index is 0.0382. The molecule has 0 saturated heterocycles. The van der Waals surface area contributed by atoms with E-state index in [0.29, 0.717) is 9.86 Å². The Balaban J connectivity index is 2.39. The molecule has 0 unspecified atom stereocenters. The van der Waals surface area contributed by atoms with Gasteiger partial charge in [-0.2, -0.15) is 0 Å². The van der Waals surface area contributed by atoms with E-state index in [-0.39, 0.29) is 22.0 Å². The number of methoxy groups -OCH3 is 1. The van der Waals surface area contributed by atoms with E-state index in [0.717, 1.165) is 9.54 Å². The van der Waals surface area contributed by atoms with E-state index in [9.17, 15) is 13.2 Å². The van der Waals surface area contributed by atoms with E-state index in [2.05, 4.69) is 20.9 Å². The third-order valence-corrected chi connectivity index (χ3v) is 6.38. The quantitative estimate of drug-likeness (QED) is 0.529. The second-order valence-corrected chi connectivity index (χ2v) is 9.08. The van der Waals surface area contributed by atoms with Crippen LogP contribution in [0.4, 0.5) is 0 Å². The van der Waals surface area contributed by atoms with Gasteiger partial charge >= 0.3 is 5.97 Å². The van der Waals surface area contributed by atoms with Gasteiger partial charge in [-0.1, -0.05) is 17.7 Å². The number of pyridine rings is 1. The lowest BCUT2D eigenvalue weighted by atomic mass is 10.2. The lowest BCUT2D eigenvalue weighted by Gasteiger charge is -2.14. The Labute approximate surface area is 171 Å². The van der Waals surface area contributed by atoms with Crippen LogP contribution in [-0.2, 0) is 14.8 Å². The predicted molar refractivity (Wildman–Crippen MR) is 108 cm³/mol. The molecule has 1 aromatic carbocycles. The van der Waals surface area contributed by atoms with Gasteiger partial charge in [0.15, 0.2) is 0 Å². The number of hydrogen-bond donors (Lipinski definition) is 0. The molecule has 3 rings (SSSR count). The van der Waals surface area contributed by atoms with Crippen molar-refractivity contribution >= 4 is 42.8 Å². The van der Waals surface area contributed by atoms with Crippen molar-refractivity contribution in [2.75, 3.05) is 7.11 Å². The topological polar surface area (TPSA) is 87.5 Å². The van der Waals surface area contributed by atoms with Crippen LogP contribution in [0, 0.1) is 6.92 Å². The number of carbonyl (C=O) groups is 1. The number of fused-ring (bicyclic) bond motifs is 1. The SMILES string of the molecule is COc1ncc(Br)c2cc(C(=O)OC(C)C)n(S(=O)(=O)c3ccc(C)cc3)c12. The molecule has 0 aliphatic carbocycles. The molecule has 2 heterocycles. The molecular weight excluding hydrogens is 448 g/mol. The first kappa shape index (κ1) is 20.3. The average Bonchev–Trinajstić information content (AvgIpc) is 3.04. The number of halogens is 1. The molecule has 148 valence electrons. The molecule has 0 spiro atoms. The molecule has 0 fully saturated rings. The van der Waals surface area contributed by atoms with Crippen molar-refractivity contribution in [3.63, 3.8) is 0 Å². The van der Waals surface area contributed by atoms with Gasteiger partial charge in [-0.15, -0.1) is 0 Å². The van der Waals surface area contributed by atoms with Crippen LogP contribution in [0.3, 0.4) is 0 Å². The second-order valence-electron chi connectivity index (χ2n) is 6.44. The molecule has 0 N–H and O–H groups in total. The van der Waals surface area contributed by atoms with Crippen LogP contribution >= 0.6 is 15.9 Å². The van der Waals surface area contributed by atoms with Gasteiger partial charge in [0.2, 0.25) is 5.88 Å². The highest BCUT2D eigenvalue weighted by Crippen LogP contribution is 2.35. The Morgan fingerprint density at radius 1 is 1.21 bits per heavy atom. The number of aryl methyl sites for hydroxylation is 1. The van der Waals surface area contributed by atoms with Gasteiger partial charge in [-0.05, 0) is 54.9 Å². The first-order chi connectivity index (χ1) is 13.2. The molecule has 0 saturated carbocycles. The fourth-order valence-electron chi connectivity index (χ4n) is 2.75. The molecule has 7 nitrogen and oxygen atoms in total. The average molecular weight is 467 g/mol. The van der Waals surface area contributed by atoms with Crippen molar-refractivity contribution in [1.29, 1.82) is 0 Å². The zero-order valence-electron chi connectivity index (χ0n) is 15.8. The van der Waals surface area contributed by atoms with Gasteiger partial charge in [0.1, 0.15) is 11.2 Å². The molecular formula is C19H19BrN2O5S. The summed E-state index contributed by atoms with van der Waals surface area (Å²) in [6.07, 6.45) is 1.08. The number of esters is 1. The third-order valence-electron chi connectivity index (χ3n) is 4.02. The highest BCUT2D eigenvalue weighted by molar-refractivity contribution is 9.10. The molecule has 0 aliphatic heterocycles. The number of aromatic nitrogens is 2. The summed E-state index contributed by atoms with van der Waals surface area (Å²) in [5.74, 6) is -0.673. The van der Waals surface area contributed by atoms with E-state index < -0.39 is 22.1 Å². The Morgan fingerprint density at radius 2 is 1.86 bits per heavy atom. The van der Waals surface area contributed by atoms with Crippen molar-refractivity contribution < 1.29 is 22.7 Å². The fourth-order valence-corrected chi connectivity index (χ4v) is 4.65. The van der Waals surface area contributed by atoms with Gasteiger partial charge in [0.05, 0.1) is 18.1 Å². The van der Waals surface area contributed by atoms with Crippen LogP contribution in [0.15, 0.2) is 45.9 Å². The molecule has 0 atom stereocenters. The Hall–Kier alpha value is -2.39. The van der Waals surface area contributed by atoms with Gasteiger partial charge in [0.25, 0.3) is 10.0 Å². The number of ether oxygens (including phenoxy) is 2. The summed E-state index contributed by atoms with van der Waals surface area (Å²) in [4.78, 5) is 16.9. The van der Waals surface area contributed by atoms with Gasteiger partial charge in [-0.3, -0.25) is 0 Å². The molecule has 3 aromatic rings. The van der Waals surface area contributed by atoms with Crippen molar-refractivity contribution in [3.05, 3.63) is 52.3 Å². The Bertz CT molecular complexity index is 1150. The van der Waals surface area contributed by atoms with E-state index in [4.69, 9.17) is 9.47 Å². The molecule has 0 radical (unpaired) electrons. The second kappa shape index (κ2) is 7.56. The zero-order chi connectivity index (χ0) is 20.6. The van der Waals surface area contributed by atoms with Crippen molar-refractivity contribution in [2.45, 2.75) is 31.8 Å². The van der Waals surface area contributed by atoms with Crippen molar-refractivity contribution in [2.24, 2.45) is 0 Å². The molecule has 0 aliphatic rings. The first-order valence-corrected chi connectivity index (χ1v) is 10.7. The maximum Gasteiger partial charge on any atom is 0.356 e. The monoisotopic (exact) mass is 466 g/mol. The van der Waals surface area contributed by atoms with E-state index >= 15 is 0 Å². The normalized spacial score (nSPS) is 11.8. The summed E-state index contributed by atoms with van der Waals surface area (Å²) < 4.78 is 38.9. The number of benzene rings is 1. The van der Waals surface area contributed by atoms with Crippen molar-refractivity contribution in [1.82, 2.24) is 8.96 Å². The van der Waals surface area contributed by atoms with Crippen molar-refractivity contribution in [3.8, 4) is 5.88 Å². The maximum absolute atomic E-state index is 13.5. The number of carbonyl (C=O) groups excluding carboxylic acids is 1. The van der Waals surface area contributed by atoms with Crippen LogP contribution in [0.1, 0.15) is 29.9 Å². The highest BCUT2D eigenvalue weighted by atomic mass is 79.9.